The fourth-order valence-electron chi connectivity index (χ4n) is 3.67. The average Bonchev–Trinajstić information content (AvgIpc) is 2.46. The number of nitrogens with one attached hydrogen (secondary N) is 1. The number of piperidine rings is 1. The molecule has 0 amide bonds. The first-order chi connectivity index (χ1) is 9.18. The van der Waals surface area contributed by atoms with Crippen LogP contribution < -0.4 is 5.32 Å². The van der Waals surface area contributed by atoms with Gasteiger partial charge in [-0.2, -0.15) is 0 Å². The highest BCUT2D eigenvalue weighted by Crippen LogP contribution is 2.32. The van der Waals surface area contributed by atoms with Gasteiger partial charge >= 0.3 is 0 Å². The van der Waals surface area contributed by atoms with Gasteiger partial charge in [0.15, 0.2) is 0 Å². The van der Waals surface area contributed by atoms with Crippen LogP contribution in [0.2, 0.25) is 0 Å². The summed E-state index contributed by atoms with van der Waals surface area (Å²) < 4.78 is 6.02. The summed E-state index contributed by atoms with van der Waals surface area (Å²) in [4.78, 5) is 2.79. The Morgan fingerprint density at radius 2 is 2.11 bits per heavy atom. The molecule has 0 spiro atoms. The molecule has 2 rings (SSSR count). The van der Waals surface area contributed by atoms with Gasteiger partial charge in [0, 0.05) is 25.2 Å². The maximum absolute atomic E-state index is 6.02. The van der Waals surface area contributed by atoms with Crippen molar-refractivity contribution in [3.05, 3.63) is 0 Å². The lowest BCUT2D eigenvalue weighted by Gasteiger charge is -2.46. The molecule has 3 nitrogen and oxygen atoms in total. The number of rotatable bonds is 5. The number of ether oxygens (including phenoxy) is 1. The highest BCUT2D eigenvalue weighted by molar-refractivity contribution is 4.90. The predicted molar refractivity (Wildman–Crippen MR) is 80.6 cm³/mol. The Morgan fingerprint density at radius 3 is 2.74 bits per heavy atom. The summed E-state index contributed by atoms with van der Waals surface area (Å²) >= 11 is 0. The molecule has 2 aliphatic rings. The van der Waals surface area contributed by atoms with Crippen LogP contribution in [0.25, 0.3) is 0 Å². The van der Waals surface area contributed by atoms with E-state index in [1.165, 1.54) is 51.7 Å². The fraction of sp³-hybridized carbons (Fsp3) is 1.00. The van der Waals surface area contributed by atoms with Gasteiger partial charge in [-0.15, -0.1) is 0 Å². The molecule has 0 aromatic heterocycles. The highest BCUT2D eigenvalue weighted by atomic mass is 16.5. The predicted octanol–water partition coefficient (Wildman–Crippen LogP) is 2.80. The molecule has 19 heavy (non-hydrogen) atoms. The van der Waals surface area contributed by atoms with Crippen LogP contribution in [0.5, 0.6) is 0 Å². The number of hydrogen-bond acceptors (Lipinski definition) is 3. The molecule has 0 bridgehead atoms. The Bertz CT molecular complexity index is 265. The monoisotopic (exact) mass is 268 g/mol. The third-order valence-electron chi connectivity index (χ3n) is 5.01. The van der Waals surface area contributed by atoms with Crippen LogP contribution in [0.15, 0.2) is 0 Å². The van der Waals surface area contributed by atoms with Crippen molar-refractivity contribution in [3.63, 3.8) is 0 Å². The Hall–Kier alpha value is -0.120. The van der Waals surface area contributed by atoms with E-state index in [1.54, 1.807) is 0 Å². The molecule has 0 radical (unpaired) electrons. The Balaban J connectivity index is 2.00. The lowest BCUT2D eigenvalue weighted by atomic mass is 9.87. The van der Waals surface area contributed by atoms with Crippen molar-refractivity contribution < 1.29 is 4.74 Å². The second-order valence-electron chi connectivity index (χ2n) is 6.54. The molecule has 0 aromatic rings. The minimum atomic E-state index is 0.108. The molecule has 0 aliphatic carbocycles. The van der Waals surface area contributed by atoms with Crippen molar-refractivity contribution >= 4 is 0 Å². The van der Waals surface area contributed by atoms with Crippen molar-refractivity contribution in [1.29, 1.82) is 0 Å². The van der Waals surface area contributed by atoms with Gasteiger partial charge in [-0.05, 0) is 58.5 Å². The molecule has 1 N–H and O–H groups in total. The van der Waals surface area contributed by atoms with Gasteiger partial charge in [-0.3, -0.25) is 4.90 Å². The summed E-state index contributed by atoms with van der Waals surface area (Å²) in [6, 6.07) is 1.47. The molecule has 2 heterocycles. The Labute approximate surface area is 119 Å². The molecular weight excluding hydrogens is 236 g/mol. The first-order valence-electron chi connectivity index (χ1n) is 8.29. The van der Waals surface area contributed by atoms with Crippen LogP contribution in [-0.2, 0) is 4.74 Å². The van der Waals surface area contributed by atoms with E-state index >= 15 is 0 Å². The summed E-state index contributed by atoms with van der Waals surface area (Å²) in [6.07, 6.45) is 7.52. The van der Waals surface area contributed by atoms with Crippen LogP contribution in [0.3, 0.4) is 0 Å². The van der Waals surface area contributed by atoms with E-state index in [1.807, 2.05) is 0 Å². The average molecular weight is 268 g/mol. The number of nitrogens with zero attached hydrogens (tertiary/aromatic N) is 1. The van der Waals surface area contributed by atoms with E-state index in [4.69, 9.17) is 4.74 Å². The summed E-state index contributed by atoms with van der Waals surface area (Å²) in [5, 5.41) is 3.57. The molecule has 0 aromatic carbocycles. The lowest BCUT2D eigenvalue weighted by Crippen LogP contribution is -2.54. The molecule has 2 saturated heterocycles. The van der Waals surface area contributed by atoms with Gasteiger partial charge in [0.25, 0.3) is 0 Å². The van der Waals surface area contributed by atoms with Gasteiger partial charge in [0.05, 0.1) is 5.60 Å². The smallest absolute Gasteiger partial charge is 0.0666 e. The largest absolute Gasteiger partial charge is 0.375 e. The maximum atomic E-state index is 6.02. The molecular formula is C16H32N2O. The minimum absolute atomic E-state index is 0.108. The first kappa shape index (κ1) is 15.3. The van der Waals surface area contributed by atoms with E-state index in [0.717, 1.165) is 25.1 Å². The molecule has 112 valence electrons. The third kappa shape index (κ3) is 3.93. The summed E-state index contributed by atoms with van der Waals surface area (Å²) in [7, 11) is 0. The van der Waals surface area contributed by atoms with Gasteiger partial charge in [0.1, 0.15) is 0 Å². The highest BCUT2D eigenvalue weighted by Gasteiger charge is 2.36. The lowest BCUT2D eigenvalue weighted by molar-refractivity contribution is -0.103. The van der Waals surface area contributed by atoms with E-state index in [0.29, 0.717) is 0 Å². The molecule has 2 aliphatic heterocycles. The van der Waals surface area contributed by atoms with Crippen molar-refractivity contribution in [1.82, 2.24) is 10.2 Å². The van der Waals surface area contributed by atoms with Gasteiger partial charge in [0.2, 0.25) is 0 Å². The van der Waals surface area contributed by atoms with Crippen LogP contribution in [0.1, 0.15) is 59.3 Å². The molecule has 3 atom stereocenters. The van der Waals surface area contributed by atoms with E-state index in [9.17, 15) is 0 Å². The second-order valence-corrected chi connectivity index (χ2v) is 6.54. The molecule has 2 fully saturated rings. The van der Waals surface area contributed by atoms with Crippen LogP contribution >= 0.6 is 0 Å². The molecule has 3 unspecified atom stereocenters. The van der Waals surface area contributed by atoms with Crippen LogP contribution in [0, 0.1) is 0 Å². The summed E-state index contributed by atoms with van der Waals surface area (Å²) in [5.74, 6) is 0. The van der Waals surface area contributed by atoms with Crippen LogP contribution in [0.4, 0.5) is 0 Å². The van der Waals surface area contributed by atoms with E-state index < -0.39 is 0 Å². The van der Waals surface area contributed by atoms with Gasteiger partial charge < -0.3 is 10.1 Å². The van der Waals surface area contributed by atoms with Crippen molar-refractivity contribution in [2.24, 2.45) is 0 Å². The zero-order valence-corrected chi connectivity index (χ0v) is 13.1. The quantitative estimate of drug-likeness (QED) is 0.830. The van der Waals surface area contributed by atoms with Crippen molar-refractivity contribution in [2.75, 3.05) is 26.2 Å². The standard InChI is InChI=1S/C16H32N2O/c1-4-10-18(15-7-6-9-17-13-15)14-8-11-19-16(3,5-2)12-14/h14-15,17H,4-13H2,1-3H3. The normalized spacial score (nSPS) is 36.6. The molecule has 3 heteroatoms. The Kier molecular flexibility index (Phi) is 5.67. The van der Waals surface area contributed by atoms with E-state index in [-0.39, 0.29) is 5.60 Å². The zero-order chi connectivity index (χ0) is 13.7. The summed E-state index contributed by atoms with van der Waals surface area (Å²) in [6.45, 7) is 11.4. The fourth-order valence-corrected chi connectivity index (χ4v) is 3.67. The van der Waals surface area contributed by atoms with Crippen molar-refractivity contribution in [3.8, 4) is 0 Å². The van der Waals surface area contributed by atoms with Gasteiger partial charge in [-0.25, -0.2) is 0 Å². The third-order valence-corrected chi connectivity index (χ3v) is 5.01. The van der Waals surface area contributed by atoms with E-state index in [2.05, 4.69) is 31.0 Å². The Morgan fingerprint density at radius 1 is 1.26 bits per heavy atom. The topological polar surface area (TPSA) is 24.5 Å². The maximum Gasteiger partial charge on any atom is 0.0666 e. The zero-order valence-electron chi connectivity index (χ0n) is 13.1. The van der Waals surface area contributed by atoms with Crippen molar-refractivity contribution in [2.45, 2.75) is 77.0 Å². The number of hydrogen-bond donors (Lipinski definition) is 1. The van der Waals surface area contributed by atoms with Gasteiger partial charge in [-0.1, -0.05) is 13.8 Å². The first-order valence-corrected chi connectivity index (χ1v) is 8.29. The summed E-state index contributed by atoms with van der Waals surface area (Å²) in [5.41, 5.74) is 0.108. The molecule has 0 saturated carbocycles. The minimum Gasteiger partial charge on any atom is -0.375 e. The van der Waals surface area contributed by atoms with Crippen LogP contribution in [-0.4, -0.2) is 48.8 Å². The SMILES string of the molecule is CCCN(C1CCCNC1)C1CCOC(C)(CC)C1. The second kappa shape index (κ2) is 7.05.